The monoisotopic (exact) mass is 141 g/mol. The predicted octanol–water partition coefficient (Wildman–Crippen LogP) is 2.30. The molecule has 10 heavy (non-hydrogen) atoms. The van der Waals surface area contributed by atoms with Gasteiger partial charge in [-0.25, -0.2) is 0 Å². The normalized spacial score (nSPS) is 24.3. The largest absolute Gasteiger partial charge is 0.327 e. The first kappa shape index (κ1) is 8.06. The molecule has 1 nitrogen and oxygen atoms in total. The van der Waals surface area contributed by atoms with Crippen LogP contribution in [0.3, 0.4) is 0 Å². The van der Waals surface area contributed by atoms with Gasteiger partial charge in [-0.15, -0.1) is 0 Å². The van der Waals surface area contributed by atoms with Crippen molar-refractivity contribution >= 4 is 0 Å². The van der Waals surface area contributed by atoms with E-state index in [0.717, 1.165) is 0 Å². The van der Waals surface area contributed by atoms with E-state index in [-0.39, 0.29) is 0 Å². The average molecular weight is 141 g/mol. The summed E-state index contributed by atoms with van der Waals surface area (Å²) in [7, 11) is 0. The third-order valence-corrected chi connectivity index (χ3v) is 2.89. The zero-order chi connectivity index (χ0) is 7.61. The summed E-state index contributed by atoms with van der Waals surface area (Å²) in [6, 6.07) is 0.430. The van der Waals surface area contributed by atoms with E-state index in [2.05, 4.69) is 13.8 Å². The van der Waals surface area contributed by atoms with Gasteiger partial charge in [0.25, 0.3) is 0 Å². The third kappa shape index (κ3) is 1.51. The molecule has 0 amide bonds. The molecule has 0 aromatic heterocycles. The van der Waals surface area contributed by atoms with Gasteiger partial charge in [0.05, 0.1) is 0 Å². The zero-order valence-corrected chi connectivity index (χ0v) is 7.19. The SMILES string of the molecule is CCCCC1([C@@H](C)N)CC1. The Kier molecular flexibility index (Phi) is 2.35. The molecule has 2 N–H and O–H groups in total. The Balaban J connectivity index is 2.24. The molecule has 1 heteroatoms. The molecule has 0 radical (unpaired) electrons. The van der Waals surface area contributed by atoms with E-state index in [4.69, 9.17) is 5.73 Å². The number of nitrogens with two attached hydrogens (primary N) is 1. The molecule has 0 bridgehead atoms. The minimum atomic E-state index is 0.430. The number of unbranched alkanes of at least 4 members (excludes halogenated alkanes) is 1. The van der Waals surface area contributed by atoms with Gasteiger partial charge in [0.2, 0.25) is 0 Å². The maximum Gasteiger partial charge on any atom is 0.00670 e. The highest BCUT2D eigenvalue weighted by molar-refractivity contribution is 4.98. The molecule has 1 aliphatic rings. The Morgan fingerprint density at radius 3 is 2.40 bits per heavy atom. The van der Waals surface area contributed by atoms with Gasteiger partial charge in [0.15, 0.2) is 0 Å². The highest BCUT2D eigenvalue weighted by Gasteiger charge is 2.44. The van der Waals surface area contributed by atoms with Crippen LogP contribution < -0.4 is 5.73 Å². The first-order chi connectivity index (χ1) is 4.71. The summed E-state index contributed by atoms with van der Waals surface area (Å²) in [5.74, 6) is 0. The van der Waals surface area contributed by atoms with Crippen molar-refractivity contribution in [1.82, 2.24) is 0 Å². The lowest BCUT2D eigenvalue weighted by Gasteiger charge is -2.18. The Morgan fingerprint density at radius 2 is 2.10 bits per heavy atom. The Bertz CT molecular complexity index is 103. The number of hydrogen-bond donors (Lipinski definition) is 1. The summed E-state index contributed by atoms with van der Waals surface area (Å²) in [6.07, 6.45) is 6.80. The van der Waals surface area contributed by atoms with Gasteiger partial charge in [0, 0.05) is 6.04 Å². The summed E-state index contributed by atoms with van der Waals surface area (Å²) < 4.78 is 0. The minimum Gasteiger partial charge on any atom is -0.327 e. The summed E-state index contributed by atoms with van der Waals surface area (Å²) in [5, 5.41) is 0. The Hall–Kier alpha value is -0.0400. The lowest BCUT2D eigenvalue weighted by Crippen LogP contribution is -2.27. The first-order valence-corrected chi connectivity index (χ1v) is 4.47. The highest BCUT2D eigenvalue weighted by Crippen LogP contribution is 2.51. The standard InChI is InChI=1S/C9H19N/c1-3-4-5-9(6-7-9)8(2)10/h8H,3-7,10H2,1-2H3/t8-/m1/s1. The smallest absolute Gasteiger partial charge is 0.00670 e. The fourth-order valence-corrected chi connectivity index (χ4v) is 1.62. The minimum absolute atomic E-state index is 0.430. The van der Waals surface area contributed by atoms with Crippen molar-refractivity contribution < 1.29 is 0 Å². The molecular formula is C9H19N. The molecule has 0 saturated heterocycles. The van der Waals surface area contributed by atoms with E-state index < -0.39 is 0 Å². The van der Waals surface area contributed by atoms with Gasteiger partial charge >= 0.3 is 0 Å². The fraction of sp³-hybridized carbons (Fsp3) is 1.00. The second-order valence-corrected chi connectivity index (χ2v) is 3.75. The van der Waals surface area contributed by atoms with Crippen LogP contribution >= 0.6 is 0 Å². The molecule has 60 valence electrons. The van der Waals surface area contributed by atoms with Crippen LogP contribution in [-0.2, 0) is 0 Å². The lowest BCUT2D eigenvalue weighted by atomic mass is 9.92. The van der Waals surface area contributed by atoms with E-state index in [1.807, 2.05) is 0 Å². The van der Waals surface area contributed by atoms with E-state index >= 15 is 0 Å². The maximum atomic E-state index is 5.87. The Labute approximate surface area is 64.0 Å². The summed E-state index contributed by atoms with van der Waals surface area (Å²) in [5.41, 5.74) is 6.45. The first-order valence-electron chi connectivity index (χ1n) is 4.47. The molecule has 1 saturated carbocycles. The Morgan fingerprint density at radius 1 is 1.50 bits per heavy atom. The van der Waals surface area contributed by atoms with E-state index in [1.54, 1.807) is 0 Å². The summed E-state index contributed by atoms with van der Waals surface area (Å²) in [6.45, 7) is 4.40. The van der Waals surface area contributed by atoms with Crippen LogP contribution in [0.25, 0.3) is 0 Å². The summed E-state index contributed by atoms with van der Waals surface area (Å²) in [4.78, 5) is 0. The van der Waals surface area contributed by atoms with Crippen molar-refractivity contribution in [2.75, 3.05) is 0 Å². The van der Waals surface area contributed by atoms with Gasteiger partial charge in [-0.05, 0) is 31.6 Å². The van der Waals surface area contributed by atoms with E-state index in [0.29, 0.717) is 11.5 Å². The van der Waals surface area contributed by atoms with Gasteiger partial charge in [0.1, 0.15) is 0 Å². The van der Waals surface area contributed by atoms with Crippen molar-refractivity contribution in [3.05, 3.63) is 0 Å². The molecule has 0 spiro atoms. The van der Waals surface area contributed by atoms with Crippen LogP contribution in [0.5, 0.6) is 0 Å². The quantitative estimate of drug-likeness (QED) is 0.638. The van der Waals surface area contributed by atoms with Crippen molar-refractivity contribution in [3.8, 4) is 0 Å². The molecule has 1 rings (SSSR count). The molecule has 1 aliphatic carbocycles. The number of hydrogen-bond acceptors (Lipinski definition) is 1. The molecule has 0 aromatic carbocycles. The molecule has 0 unspecified atom stereocenters. The highest BCUT2D eigenvalue weighted by atomic mass is 14.7. The van der Waals surface area contributed by atoms with Crippen molar-refractivity contribution in [2.24, 2.45) is 11.1 Å². The second-order valence-electron chi connectivity index (χ2n) is 3.75. The van der Waals surface area contributed by atoms with Crippen LogP contribution in [0.1, 0.15) is 46.0 Å². The van der Waals surface area contributed by atoms with Crippen LogP contribution in [0.15, 0.2) is 0 Å². The number of rotatable bonds is 4. The van der Waals surface area contributed by atoms with Crippen molar-refractivity contribution in [1.29, 1.82) is 0 Å². The van der Waals surface area contributed by atoms with Crippen molar-refractivity contribution in [2.45, 2.75) is 52.0 Å². The molecule has 0 aliphatic heterocycles. The van der Waals surface area contributed by atoms with Gasteiger partial charge in [-0.1, -0.05) is 19.8 Å². The zero-order valence-electron chi connectivity index (χ0n) is 7.19. The fourth-order valence-electron chi connectivity index (χ4n) is 1.62. The van der Waals surface area contributed by atoms with Gasteiger partial charge < -0.3 is 5.73 Å². The third-order valence-electron chi connectivity index (χ3n) is 2.89. The van der Waals surface area contributed by atoms with Crippen LogP contribution in [0, 0.1) is 5.41 Å². The second kappa shape index (κ2) is 2.91. The van der Waals surface area contributed by atoms with Gasteiger partial charge in [-0.3, -0.25) is 0 Å². The molecule has 0 heterocycles. The van der Waals surface area contributed by atoms with E-state index in [9.17, 15) is 0 Å². The van der Waals surface area contributed by atoms with Crippen LogP contribution in [0.2, 0.25) is 0 Å². The molecular weight excluding hydrogens is 122 g/mol. The lowest BCUT2D eigenvalue weighted by molar-refractivity contribution is 0.377. The molecule has 1 atom stereocenters. The van der Waals surface area contributed by atoms with Gasteiger partial charge in [-0.2, -0.15) is 0 Å². The summed E-state index contributed by atoms with van der Waals surface area (Å²) >= 11 is 0. The molecule has 0 aromatic rings. The average Bonchev–Trinajstić information content (AvgIpc) is 2.64. The maximum absolute atomic E-state index is 5.87. The topological polar surface area (TPSA) is 26.0 Å². The van der Waals surface area contributed by atoms with E-state index in [1.165, 1.54) is 32.1 Å². The predicted molar refractivity (Wildman–Crippen MR) is 44.8 cm³/mol. The van der Waals surface area contributed by atoms with Crippen molar-refractivity contribution in [3.63, 3.8) is 0 Å². The molecule has 1 fully saturated rings. The van der Waals surface area contributed by atoms with Crippen LogP contribution in [-0.4, -0.2) is 6.04 Å². The van der Waals surface area contributed by atoms with Crippen LogP contribution in [0.4, 0.5) is 0 Å².